The summed E-state index contributed by atoms with van der Waals surface area (Å²) in [6.45, 7) is 8.19. The number of amides is 2. The summed E-state index contributed by atoms with van der Waals surface area (Å²) in [6, 6.07) is 5.94. The van der Waals surface area contributed by atoms with Crippen LogP contribution in [0.15, 0.2) is 30.3 Å². The van der Waals surface area contributed by atoms with Crippen LogP contribution in [0.25, 0.3) is 0 Å². The third-order valence-corrected chi connectivity index (χ3v) is 4.27. The maximum Gasteiger partial charge on any atom is 0.328 e. The van der Waals surface area contributed by atoms with Crippen LogP contribution in [0.4, 0.5) is 0 Å². The van der Waals surface area contributed by atoms with E-state index in [4.69, 9.17) is 18.9 Å². The number of nitrogens with one attached hydrogen (secondary N) is 2. The van der Waals surface area contributed by atoms with E-state index in [-0.39, 0.29) is 29.1 Å². The predicted molar refractivity (Wildman–Crippen MR) is 122 cm³/mol. The van der Waals surface area contributed by atoms with Crippen molar-refractivity contribution in [1.29, 1.82) is 0 Å². The molecule has 0 fully saturated rings. The van der Waals surface area contributed by atoms with Gasteiger partial charge in [-0.15, -0.1) is 0 Å². The molecule has 11 nitrogen and oxygen atoms in total. The lowest BCUT2D eigenvalue weighted by molar-refractivity contribution is -0.158. The van der Waals surface area contributed by atoms with Crippen LogP contribution in [-0.4, -0.2) is 59.7 Å². The third kappa shape index (κ3) is 7.61. The van der Waals surface area contributed by atoms with Gasteiger partial charge in [0, 0.05) is 0 Å². The molecule has 2 atom stereocenters. The minimum Gasteiger partial charge on any atom is -0.481 e. The first-order chi connectivity index (χ1) is 15.9. The van der Waals surface area contributed by atoms with E-state index in [1.54, 1.807) is 39.0 Å². The number of carbonyl (C=O) groups is 3. The van der Waals surface area contributed by atoms with Crippen molar-refractivity contribution in [3.05, 3.63) is 35.9 Å². The number of rotatable bonds is 9. The van der Waals surface area contributed by atoms with Crippen molar-refractivity contribution in [2.45, 2.75) is 52.3 Å². The highest BCUT2D eigenvalue weighted by Crippen LogP contribution is 2.26. The van der Waals surface area contributed by atoms with E-state index < -0.39 is 35.5 Å². The van der Waals surface area contributed by atoms with Gasteiger partial charge in [-0.05, 0) is 46.8 Å². The molecule has 1 aromatic carbocycles. The lowest BCUT2D eigenvalue weighted by Crippen LogP contribution is -2.50. The first kappa shape index (κ1) is 26.4. The maximum atomic E-state index is 12.9. The lowest BCUT2D eigenvalue weighted by Gasteiger charge is -2.23. The van der Waals surface area contributed by atoms with E-state index >= 15 is 0 Å². The van der Waals surface area contributed by atoms with E-state index in [1.807, 2.05) is 0 Å². The van der Waals surface area contributed by atoms with Gasteiger partial charge in [0.05, 0.1) is 25.8 Å². The van der Waals surface area contributed by atoms with Crippen LogP contribution in [0.3, 0.4) is 0 Å². The molecule has 2 N–H and O–H groups in total. The number of hydrogen-bond acceptors (Lipinski definition) is 9. The molecule has 184 valence electrons. The van der Waals surface area contributed by atoms with Crippen LogP contribution in [0.1, 0.15) is 45.0 Å². The van der Waals surface area contributed by atoms with Crippen molar-refractivity contribution in [3.63, 3.8) is 0 Å². The summed E-state index contributed by atoms with van der Waals surface area (Å²) >= 11 is 0. The Morgan fingerprint density at radius 1 is 0.912 bits per heavy atom. The Kier molecular flexibility index (Phi) is 8.76. The molecule has 34 heavy (non-hydrogen) atoms. The number of para-hydroxylation sites is 1. The lowest BCUT2D eigenvalue weighted by atomic mass is 10.1. The third-order valence-electron chi connectivity index (χ3n) is 4.27. The number of carbonyl (C=O) groups excluding carboxylic acids is 3. The van der Waals surface area contributed by atoms with Gasteiger partial charge in [0.2, 0.25) is 17.7 Å². The van der Waals surface area contributed by atoms with Gasteiger partial charge < -0.3 is 29.6 Å². The van der Waals surface area contributed by atoms with Gasteiger partial charge in [0.1, 0.15) is 23.4 Å². The average Bonchev–Trinajstić information content (AvgIpc) is 2.77. The van der Waals surface area contributed by atoms with Crippen LogP contribution < -0.4 is 24.8 Å². The monoisotopic (exact) mass is 474 g/mol. The zero-order valence-electron chi connectivity index (χ0n) is 20.3. The van der Waals surface area contributed by atoms with Crippen molar-refractivity contribution >= 4 is 17.8 Å². The smallest absolute Gasteiger partial charge is 0.328 e. The van der Waals surface area contributed by atoms with E-state index in [1.165, 1.54) is 40.2 Å². The fourth-order valence-corrected chi connectivity index (χ4v) is 2.61. The normalized spacial score (nSPS) is 12.7. The number of esters is 1. The summed E-state index contributed by atoms with van der Waals surface area (Å²) in [5.41, 5.74) is -0.538. The Hall–Kier alpha value is -3.89. The highest BCUT2D eigenvalue weighted by Gasteiger charge is 2.26. The molecule has 11 heteroatoms. The molecule has 1 heterocycles. The van der Waals surface area contributed by atoms with Gasteiger partial charge in [-0.2, -0.15) is 9.97 Å². The van der Waals surface area contributed by atoms with Gasteiger partial charge in [-0.25, -0.2) is 4.79 Å². The second kappa shape index (κ2) is 11.3. The second-order valence-corrected chi connectivity index (χ2v) is 8.29. The summed E-state index contributed by atoms with van der Waals surface area (Å²) < 4.78 is 21.1. The Bertz CT molecular complexity index is 1010. The van der Waals surface area contributed by atoms with E-state index in [0.717, 1.165) is 0 Å². The summed E-state index contributed by atoms with van der Waals surface area (Å²) in [5, 5.41) is 5.12. The molecule has 0 aliphatic rings. The van der Waals surface area contributed by atoms with Gasteiger partial charge in [0.15, 0.2) is 0 Å². The SMILES string of the molecule is COc1cc(OC)nc(Oc2ccccc2C(=O)N[C@@H](C)C(=O)N[C@@H](C)C(=O)OC(C)(C)C)n1. The van der Waals surface area contributed by atoms with Crippen molar-refractivity contribution < 1.29 is 33.3 Å². The fraction of sp³-hybridized carbons (Fsp3) is 0.435. The molecule has 0 aliphatic heterocycles. The molecule has 0 saturated heterocycles. The van der Waals surface area contributed by atoms with Crippen LogP contribution in [-0.2, 0) is 14.3 Å². The number of benzene rings is 1. The van der Waals surface area contributed by atoms with Gasteiger partial charge in [-0.1, -0.05) is 12.1 Å². The summed E-state index contributed by atoms with van der Waals surface area (Å²) in [7, 11) is 2.87. The highest BCUT2D eigenvalue weighted by atomic mass is 16.6. The predicted octanol–water partition coefficient (Wildman–Crippen LogP) is 2.25. The summed E-state index contributed by atoms with van der Waals surface area (Å²) in [6.07, 6.45) is 0. The van der Waals surface area contributed by atoms with Gasteiger partial charge >= 0.3 is 12.0 Å². The molecule has 0 bridgehead atoms. The Labute approximate surface area is 198 Å². The molecule has 2 aromatic rings. The van der Waals surface area contributed by atoms with E-state index in [0.29, 0.717) is 0 Å². The highest BCUT2D eigenvalue weighted by molar-refractivity contribution is 6.00. The van der Waals surface area contributed by atoms with Crippen LogP contribution in [0, 0.1) is 0 Å². The van der Waals surface area contributed by atoms with Gasteiger partial charge in [-0.3, -0.25) is 9.59 Å². The number of hydrogen-bond donors (Lipinski definition) is 2. The molecule has 2 amide bonds. The fourth-order valence-electron chi connectivity index (χ4n) is 2.61. The molecule has 0 saturated carbocycles. The molecule has 0 aliphatic carbocycles. The largest absolute Gasteiger partial charge is 0.481 e. The number of aromatic nitrogens is 2. The molecule has 2 rings (SSSR count). The average molecular weight is 475 g/mol. The van der Waals surface area contributed by atoms with Crippen LogP contribution >= 0.6 is 0 Å². The quantitative estimate of drug-likeness (QED) is 0.524. The zero-order valence-corrected chi connectivity index (χ0v) is 20.3. The topological polar surface area (TPSA) is 138 Å². The molecular formula is C23H30N4O7. The summed E-state index contributed by atoms with van der Waals surface area (Å²) in [5.74, 6) is -1.11. The Morgan fingerprint density at radius 2 is 1.50 bits per heavy atom. The molecule has 1 aromatic heterocycles. The second-order valence-electron chi connectivity index (χ2n) is 8.29. The first-order valence-corrected chi connectivity index (χ1v) is 10.5. The zero-order chi connectivity index (χ0) is 25.5. The van der Waals surface area contributed by atoms with Crippen molar-refractivity contribution in [3.8, 4) is 23.5 Å². The minimum absolute atomic E-state index is 0.0894. The van der Waals surface area contributed by atoms with Crippen LogP contribution in [0.5, 0.6) is 23.5 Å². The van der Waals surface area contributed by atoms with Crippen molar-refractivity contribution in [1.82, 2.24) is 20.6 Å². The van der Waals surface area contributed by atoms with E-state index in [9.17, 15) is 14.4 Å². The van der Waals surface area contributed by atoms with Crippen molar-refractivity contribution in [2.24, 2.45) is 0 Å². The maximum absolute atomic E-state index is 12.9. The molecule has 0 radical (unpaired) electrons. The summed E-state index contributed by atoms with van der Waals surface area (Å²) in [4.78, 5) is 45.6. The van der Waals surface area contributed by atoms with Crippen LogP contribution in [0.2, 0.25) is 0 Å². The van der Waals surface area contributed by atoms with Gasteiger partial charge in [0.25, 0.3) is 5.91 Å². The molecule has 0 unspecified atom stereocenters. The van der Waals surface area contributed by atoms with E-state index in [2.05, 4.69) is 20.6 Å². The number of methoxy groups -OCH3 is 2. The first-order valence-electron chi connectivity index (χ1n) is 10.5. The van der Waals surface area contributed by atoms with Crippen molar-refractivity contribution in [2.75, 3.05) is 14.2 Å². The standard InChI is InChI=1S/C23H30N4O7/c1-13(19(28)25-14(2)21(30)34-23(3,4)5)24-20(29)15-10-8-9-11-16(15)33-22-26-17(31-6)12-18(27-22)32-7/h8-14H,1-7H3,(H,24,29)(H,25,28)/t13-,14-/m0/s1. The Balaban J connectivity index is 2.10. The minimum atomic E-state index is -0.946. The Morgan fingerprint density at radius 3 is 2.06 bits per heavy atom. The molecule has 0 spiro atoms. The number of nitrogens with zero attached hydrogens (tertiary/aromatic N) is 2. The number of ether oxygens (including phenoxy) is 4. The molecular weight excluding hydrogens is 444 g/mol.